The van der Waals surface area contributed by atoms with Gasteiger partial charge in [-0.25, -0.2) is 4.98 Å². The van der Waals surface area contributed by atoms with Gasteiger partial charge in [-0.3, -0.25) is 9.69 Å². The highest BCUT2D eigenvalue weighted by atomic mass is 35.5. The van der Waals surface area contributed by atoms with Crippen molar-refractivity contribution < 1.29 is 4.79 Å². The Kier molecular flexibility index (Phi) is 7.90. The highest BCUT2D eigenvalue weighted by Gasteiger charge is 2.29. The second-order valence-corrected chi connectivity index (χ2v) is 5.95. The number of amides is 1. The van der Waals surface area contributed by atoms with Crippen LogP contribution in [0.3, 0.4) is 0 Å². The van der Waals surface area contributed by atoms with Gasteiger partial charge in [-0.2, -0.15) is 0 Å². The van der Waals surface area contributed by atoms with Crippen LogP contribution in [0.1, 0.15) is 18.5 Å². The van der Waals surface area contributed by atoms with Crippen LogP contribution in [-0.2, 0) is 11.3 Å². The number of rotatable bonds is 3. The van der Waals surface area contributed by atoms with E-state index in [0.717, 1.165) is 57.8 Å². The molecular weight excluding hydrogens is 331 g/mol. The van der Waals surface area contributed by atoms with Crippen LogP contribution in [0.15, 0.2) is 10.9 Å². The summed E-state index contributed by atoms with van der Waals surface area (Å²) >= 11 is 1.64. The van der Waals surface area contributed by atoms with Crippen molar-refractivity contribution >= 4 is 42.1 Å². The van der Waals surface area contributed by atoms with E-state index in [1.165, 1.54) is 0 Å². The third kappa shape index (κ3) is 4.79. The van der Waals surface area contributed by atoms with Gasteiger partial charge in [0.05, 0.1) is 17.2 Å². The Morgan fingerprint density at radius 1 is 1.33 bits per heavy atom. The van der Waals surface area contributed by atoms with Crippen LogP contribution in [-0.4, -0.2) is 59.5 Å². The molecule has 1 amide bonds. The molecule has 1 unspecified atom stereocenters. The third-order valence-corrected chi connectivity index (χ3v) is 4.55. The summed E-state index contributed by atoms with van der Waals surface area (Å²) < 4.78 is 0. The van der Waals surface area contributed by atoms with Crippen LogP contribution in [0, 0.1) is 0 Å². The molecule has 0 saturated carbocycles. The highest BCUT2D eigenvalue weighted by Crippen LogP contribution is 2.13. The zero-order valence-electron chi connectivity index (χ0n) is 11.9. The fourth-order valence-corrected chi connectivity index (χ4v) is 3.34. The van der Waals surface area contributed by atoms with Crippen molar-refractivity contribution in [3.05, 3.63) is 16.6 Å². The number of nitrogens with zero attached hydrogens (tertiary/aromatic N) is 3. The molecule has 1 aromatic rings. The Balaban J connectivity index is 0.00000110. The number of hydrogen-bond acceptors (Lipinski definition) is 5. The largest absolute Gasteiger partial charge is 0.339 e. The smallest absolute Gasteiger partial charge is 0.239 e. The van der Waals surface area contributed by atoms with Crippen molar-refractivity contribution in [3.63, 3.8) is 0 Å². The minimum Gasteiger partial charge on any atom is -0.339 e. The maximum Gasteiger partial charge on any atom is 0.239 e. The minimum absolute atomic E-state index is 0. The molecule has 0 bridgehead atoms. The number of aromatic nitrogens is 1. The lowest BCUT2D eigenvalue weighted by atomic mass is 10.2. The maximum absolute atomic E-state index is 12.3. The zero-order valence-corrected chi connectivity index (χ0v) is 14.3. The fourth-order valence-electron chi connectivity index (χ4n) is 2.79. The first-order chi connectivity index (χ1) is 9.33. The molecule has 2 saturated heterocycles. The van der Waals surface area contributed by atoms with Crippen molar-refractivity contribution in [1.29, 1.82) is 0 Å². The third-order valence-electron chi connectivity index (χ3n) is 3.91. The normalized spacial score (nSPS) is 22.5. The first-order valence-corrected chi connectivity index (χ1v) is 7.89. The first kappa shape index (κ1) is 18.6. The number of piperazine rings is 1. The standard InChI is InChI=1S/C13H20N4OS.2ClH/c18-13(12-2-1-3-14-12)17-6-4-16(5-7-17)8-11-9-19-10-15-11;;/h9-10,12,14H,1-8H2;2*1H. The first-order valence-electron chi connectivity index (χ1n) is 6.94. The minimum atomic E-state index is 0. The van der Waals surface area contributed by atoms with Crippen molar-refractivity contribution in [2.75, 3.05) is 32.7 Å². The summed E-state index contributed by atoms with van der Waals surface area (Å²) in [4.78, 5) is 21.0. The fraction of sp³-hybridized carbons (Fsp3) is 0.692. The molecule has 3 heterocycles. The number of carbonyl (C=O) groups excluding carboxylic acids is 1. The molecule has 0 aliphatic carbocycles. The summed E-state index contributed by atoms with van der Waals surface area (Å²) in [5.41, 5.74) is 3.02. The molecular formula is C13H22Cl2N4OS. The number of carbonyl (C=O) groups is 1. The van der Waals surface area contributed by atoms with Gasteiger partial charge in [0.15, 0.2) is 0 Å². The van der Waals surface area contributed by atoms with E-state index < -0.39 is 0 Å². The van der Waals surface area contributed by atoms with Gasteiger partial charge < -0.3 is 10.2 Å². The number of hydrogen-bond donors (Lipinski definition) is 1. The predicted molar refractivity (Wildman–Crippen MR) is 89.5 cm³/mol. The van der Waals surface area contributed by atoms with Crippen molar-refractivity contribution in [2.45, 2.75) is 25.4 Å². The molecule has 120 valence electrons. The molecule has 1 atom stereocenters. The van der Waals surface area contributed by atoms with Gasteiger partial charge in [-0.15, -0.1) is 36.2 Å². The second kappa shape index (κ2) is 8.90. The molecule has 5 nitrogen and oxygen atoms in total. The molecule has 0 spiro atoms. The van der Waals surface area contributed by atoms with E-state index in [0.29, 0.717) is 5.91 Å². The van der Waals surface area contributed by atoms with Gasteiger partial charge in [0, 0.05) is 38.1 Å². The van der Waals surface area contributed by atoms with E-state index in [1.807, 2.05) is 10.4 Å². The summed E-state index contributed by atoms with van der Waals surface area (Å²) in [6, 6.07) is 0.0742. The van der Waals surface area contributed by atoms with Crippen LogP contribution >= 0.6 is 36.2 Å². The monoisotopic (exact) mass is 352 g/mol. The van der Waals surface area contributed by atoms with Crippen molar-refractivity contribution in [1.82, 2.24) is 20.1 Å². The average Bonchev–Trinajstić information content (AvgIpc) is 3.12. The van der Waals surface area contributed by atoms with Gasteiger partial charge in [-0.05, 0) is 19.4 Å². The quantitative estimate of drug-likeness (QED) is 0.892. The van der Waals surface area contributed by atoms with Gasteiger partial charge >= 0.3 is 0 Å². The summed E-state index contributed by atoms with van der Waals surface area (Å²) in [5, 5.41) is 5.38. The van der Waals surface area contributed by atoms with Crippen LogP contribution < -0.4 is 5.32 Å². The lowest BCUT2D eigenvalue weighted by Crippen LogP contribution is -2.52. The number of thiazole rings is 1. The van der Waals surface area contributed by atoms with Gasteiger partial charge in [-0.1, -0.05) is 0 Å². The average molecular weight is 353 g/mol. The van der Waals surface area contributed by atoms with Crippen LogP contribution in [0.5, 0.6) is 0 Å². The molecule has 1 N–H and O–H groups in total. The Labute approximate surface area is 141 Å². The lowest BCUT2D eigenvalue weighted by Gasteiger charge is -2.35. The molecule has 1 aromatic heterocycles. The lowest BCUT2D eigenvalue weighted by molar-refractivity contribution is -0.134. The number of nitrogens with one attached hydrogen (secondary N) is 1. The Bertz CT molecular complexity index is 418. The summed E-state index contributed by atoms with van der Waals surface area (Å²) in [6.45, 7) is 5.50. The SMILES string of the molecule is Cl.Cl.O=C(C1CCCN1)N1CCN(Cc2cscn2)CC1. The van der Waals surface area contributed by atoms with Gasteiger partial charge in [0.1, 0.15) is 0 Å². The predicted octanol–water partition coefficient (Wildman–Crippen LogP) is 1.38. The van der Waals surface area contributed by atoms with Crippen LogP contribution in [0.2, 0.25) is 0 Å². The van der Waals surface area contributed by atoms with Crippen LogP contribution in [0.25, 0.3) is 0 Å². The summed E-state index contributed by atoms with van der Waals surface area (Å²) in [5.74, 6) is 0.297. The second-order valence-electron chi connectivity index (χ2n) is 5.23. The molecule has 2 aliphatic rings. The molecule has 2 aliphatic heterocycles. The van der Waals surface area contributed by atoms with Crippen molar-refractivity contribution in [3.8, 4) is 0 Å². The molecule has 21 heavy (non-hydrogen) atoms. The Morgan fingerprint density at radius 2 is 2.10 bits per heavy atom. The Morgan fingerprint density at radius 3 is 2.67 bits per heavy atom. The van der Waals surface area contributed by atoms with Gasteiger partial charge in [0.2, 0.25) is 5.91 Å². The van der Waals surface area contributed by atoms with Crippen LogP contribution in [0.4, 0.5) is 0 Å². The summed E-state index contributed by atoms with van der Waals surface area (Å²) in [6.07, 6.45) is 2.12. The van der Waals surface area contributed by atoms with E-state index in [1.54, 1.807) is 11.3 Å². The van der Waals surface area contributed by atoms with Crippen molar-refractivity contribution in [2.24, 2.45) is 0 Å². The van der Waals surface area contributed by atoms with E-state index >= 15 is 0 Å². The summed E-state index contributed by atoms with van der Waals surface area (Å²) in [7, 11) is 0. The van der Waals surface area contributed by atoms with E-state index in [4.69, 9.17) is 0 Å². The number of halogens is 2. The molecule has 0 aromatic carbocycles. The highest BCUT2D eigenvalue weighted by molar-refractivity contribution is 7.07. The van der Waals surface area contributed by atoms with E-state index in [2.05, 4.69) is 20.6 Å². The molecule has 2 fully saturated rings. The van der Waals surface area contributed by atoms with Gasteiger partial charge in [0.25, 0.3) is 0 Å². The maximum atomic E-state index is 12.3. The Hall–Kier alpha value is -0.400. The molecule has 0 radical (unpaired) electrons. The zero-order chi connectivity index (χ0) is 13.1. The molecule has 3 rings (SSSR count). The van der Waals surface area contributed by atoms with E-state index in [9.17, 15) is 4.79 Å². The topological polar surface area (TPSA) is 48.5 Å². The van der Waals surface area contributed by atoms with E-state index in [-0.39, 0.29) is 30.9 Å². The molecule has 8 heteroatoms.